The van der Waals surface area contributed by atoms with Crippen molar-refractivity contribution in [3.05, 3.63) is 50.7 Å². The van der Waals surface area contributed by atoms with Crippen LogP contribution in [0.4, 0.5) is 0 Å². The van der Waals surface area contributed by atoms with E-state index in [1.807, 2.05) is 39.0 Å². The fourth-order valence-corrected chi connectivity index (χ4v) is 2.70. The van der Waals surface area contributed by atoms with Crippen molar-refractivity contribution in [2.24, 2.45) is 0 Å². The van der Waals surface area contributed by atoms with Crippen molar-refractivity contribution in [3.8, 4) is 0 Å². The van der Waals surface area contributed by atoms with E-state index in [-0.39, 0.29) is 6.04 Å². The normalized spacial score (nSPS) is 13.0. The Morgan fingerprint density at radius 2 is 2.05 bits per heavy atom. The summed E-state index contributed by atoms with van der Waals surface area (Å²) in [6, 6.07) is 5.90. The van der Waals surface area contributed by atoms with Crippen molar-refractivity contribution >= 4 is 27.5 Å². The number of rotatable bonds is 3. The zero-order valence-corrected chi connectivity index (χ0v) is 13.4. The maximum Gasteiger partial charge on any atom is 0.122 e. The molecule has 5 heteroatoms. The number of benzene rings is 1. The first kappa shape index (κ1) is 14.6. The van der Waals surface area contributed by atoms with Crippen molar-refractivity contribution in [2.45, 2.75) is 32.9 Å². The fraction of sp³-hybridized carbons (Fsp3) is 0.357. The van der Waals surface area contributed by atoms with Crippen LogP contribution >= 0.6 is 27.5 Å². The van der Waals surface area contributed by atoms with Gasteiger partial charge in [-0.2, -0.15) is 5.10 Å². The van der Waals surface area contributed by atoms with Gasteiger partial charge in [-0.3, -0.25) is 4.68 Å². The van der Waals surface area contributed by atoms with Crippen LogP contribution in [0.3, 0.4) is 0 Å². The highest BCUT2D eigenvalue weighted by Crippen LogP contribution is 2.33. The van der Waals surface area contributed by atoms with Crippen LogP contribution in [0, 0.1) is 6.92 Å². The highest BCUT2D eigenvalue weighted by Gasteiger charge is 2.22. The highest BCUT2D eigenvalue weighted by molar-refractivity contribution is 9.10. The quantitative estimate of drug-likeness (QED) is 0.903. The third-order valence-electron chi connectivity index (χ3n) is 3.14. The lowest BCUT2D eigenvalue weighted by molar-refractivity contribution is 0.204. The number of hydrogen-bond acceptors (Lipinski definition) is 2. The third-order valence-corrected chi connectivity index (χ3v) is 4.29. The number of aliphatic hydroxyl groups is 1. The van der Waals surface area contributed by atoms with Gasteiger partial charge in [0.1, 0.15) is 6.10 Å². The summed E-state index contributed by atoms with van der Waals surface area (Å²) in [7, 11) is 0. The summed E-state index contributed by atoms with van der Waals surface area (Å²) in [5.41, 5.74) is 2.47. The minimum Gasteiger partial charge on any atom is -0.382 e. The van der Waals surface area contributed by atoms with Crippen LogP contribution in [0.5, 0.6) is 0 Å². The lowest BCUT2D eigenvalue weighted by Gasteiger charge is -2.19. The molecule has 0 aliphatic carbocycles. The molecule has 0 aliphatic heterocycles. The molecule has 1 N–H and O–H groups in total. The maximum atomic E-state index is 10.6. The summed E-state index contributed by atoms with van der Waals surface area (Å²) in [6.45, 7) is 5.98. The van der Waals surface area contributed by atoms with Crippen LogP contribution in [0.25, 0.3) is 0 Å². The molecule has 2 aromatic rings. The van der Waals surface area contributed by atoms with E-state index in [0.29, 0.717) is 10.7 Å². The molecule has 1 atom stereocenters. The van der Waals surface area contributed by atoms with Crippen LogP contribution < -0.4 is 0 Å². The Bertz CT molecular complexity index is 595. The molecular weight excluding hydrogens is 328 g/mol. The topological polar surface area (TPSA) is 38.1 Å². The maximum absolute atomic E-state index is 10.6. The van der Waals surface area contributed by atoms with Gasteiger partial charge in [-0.1, -0.05) is 39.7 Å². The number of aromatic nitrogens is 2. The Morgan fingerprint density at radius 3 is 2.68 bits per heavy atom. The molecule has 1 aromatic carbocycles. The third kappa shape index (κ3) is 2.71. The first-order valence-corrected chi connectivity index (χ1v) is 7.26. The van der Waals surface area contributed by atoms with Gasteiger partial charge in [0, 0.05) is 10.5 Å². The Balaban J connectivity index is 2.53. The first-order chi connectivity index (χ1) is 8.93. The molecule has 0 radical (unpaired) electrons. The smallest absolute Gasteiger partial charge is 0.122 e. The molecule has 1 aromatic heterocycles. The van der Waals surface area contributed by atoms with E-state index in [9.17, 15) is 5.11 Å². The molecule has 0 bridgehead atoms. The molecule has 1 unspecified atom stereocenters. The average molecular weight is 344 g/mol. The van der Waals surface area contributed by atoms with Crippen molar-refractivity contribution in [3.63, 3.8) is 0 Å². The van der Waals surface area contributed by atoms with Gasteiger partial charge in [-0.25, -0.2) is 0 Å². The van der Waals surface area contributed by atoms with E-state index in [0.717, 1.165) is 15.6 Å². The molecular formula is C14H16BrClN2O. The second-order valence-electron chi connectivity index (χ2n) is 4.77. The van der Waals surface area contributed by atoms with Crippen molar-refractivity contribution < 1.29 is 5.11 Å². The van der Waals surface area contributed by atoms with E-state index in [2.05, 4.69) is 21.0 Å². The van der Waals surface area contributed by atoms with Crippen molar-refractivity contribution in [1.29, 1.82) is 0 Å². The molecule has 102 valence electrons. The Labute approximate surface area is 126 Å². The van der Waals surface area contributed by atoms with E-state index < -0.39 is 6.10 Å². The largest absolute Gasteiger partial charge is 0.382 e. The van der Waals surface area contributed by atoms with E-state index >= 15 is 0 Å². The van der Waals surface area contributed by atoms with Gasteiger partial charge in [-0.15, -0.1) is 0 Å². The first-order valence-electron chi connectivity index (χ1n) is 6.09. The number of hydrogen-bond donors (Lipinski definition) is 1. The van der Waals surface area contributed by atoms with Gasteiger partial charge < -0.3 is 5.11 Å². The average Bonchev–Trinajstić information content (AvgIpc) is 2.74. The van der Waals surface area contributed by atoms with Crippen LogP contribution in [-0.2, 0) is 0 Å². The predicted octanol–water partition coefficient (Wildman–Crippen LogP) is 4.27. The van der Waals surface area contributed by atoms with Crippen LogP contribution in [0.1, 0.15) is 42.8 Å². The van der Waals surface area contributed by atoms with Gasteiger partial charge in [0.15, 0.2) is 0 Å². The molecule has 0 fully saturated rings. The Hall–Kier alpha value is -0.840. The molecule has 0 saturated carbocycles. The van der Waals surface area contributed by atoms with Crippen LogP contribution in [0.2, 0.25) is 5.02 Å². The zero-order valence-electron chi connectivity index (χ0n) is 11.1. The summed E-state index contributed by atoms with van der Waals surface area (Å²) in [5.74, 6) is 0. The Morgan fingerprint density at radius 1 is 1.37 bits per heavy atom. The molecule has 1 heterocycles. The van der Waals surface area contributed by atoms with Crippen LogP contribution in [-0.4, -0.2) is 14.9 Å². The second-order valence-corrected chi connectivity index (χ2v) is 6.03. The standard InChI is InChI=1S/C14H16BrClN2O/c1-8(2)18-13(12(16)7-17-18)14(19)10-5-4-6-11(15)9(10)3/h4-8,14,19H,1-3H3. The summed E-state index contributed by atoms with van der Waals surface area (Å²) >= 11 is 9.65. The SMILES string of the molecule is Cc1c(Br)cccc1C(O)c1c(Cl)cnn1C(C)C. The molecule has 3 nitrogen and oxygen atoms in total. The summed E-state index contributed by atoms with van der Waals surface area (Å²) in [5, 5.41) is 15.3. The lowest BCUT2D eigenvalue weighted by Crippen LogP contribution is -2.13. The summed E-state index contributed by atoms with van der Waals surface area (Å²) < 4.78 is 2.73. The minimum absolute atomic E-state index is 0.143. The number of nitrogens with zero attached hydrogens (tertiary/aromatic N) is 2. The zero-order chi connectivity index (χ0) is 14.2. The van der Waals surface area contributed by atoms with Gasteiger partial charge in [0.25, 0.3) is 0 Å². The molecule has 0 saturated heterocycles. The van der Waals surface area contributed by atoms with Crippen molar-refractivity contribution in [1.82, 2.24) is 9.78 Å². The summed E-state index contributed by atoms with van der Waals surface area (Å²) in [4.78, 5) is 0. The van der Waals surface area contributed by atoms with Crippen molar-refractivity contribution in [2.75, 3.05) is 0 Å². The van der Waals surface area contributed by atoms with E-state index in [1.165, 1.54) is 0 Å². The molecule has 2 rings (SSSR count). The van der Waals surface area contributed by atoms with E-state index in [1.54, 1.807) is 10.9 Å². The summed E-state index contributed by atoms with van der Waals surface area (Å²) in [6.07, 6.45) is 0.794. The second kappa shape index (κ2) is 5.65. The van der Waals surface area contributed by atoms with E-state index in [4.69, 9.17) is 11.6 Å². The fourth-order valence-electron chi connectivity index (χ4n) is 2.09. The number of halogens is 2. The lowest BCUT2D eigenvalue weighted by atomic mass is 10.0. The van der Waals surface area contributed by atoms with Crippen LogP contribution in [0.15, 0.2) is 28.9 Å². The molecule has 0 amide bonds. The minimum atomic E-state index is -0.783. The predicted molar refractivity (Wildman–Crippen MR) is 80.6 cm³/mol. The molecule has 0 aliphatic rings. The highest BCUT2D eigenvalue weighted by atomic mass is 79.9. The number of aliphatic hydroxyl groups excluding tert-OH is 1. The molecule has 19 heavy (non-hydrogen) atoms. The molecule has 0 spiro atoms. The van der Waals surface area contributed by atoms with Gasteiger partial charge in [0.05, 0.1) is 16.9 Å². The van der Waals surface area contributed by atoms with Gasteiger partial charge in [0.2, 0.25) is 0 Å². The monoisotopic (exact) mass is 342 g/mol. The van der Waals surface area contributed by atoms with Gasteiger partial charge in [-0.05, 0) is 38.0 Å². The van der Waals surface area contributed by atoms with Gasteiger partial charge >= 0.3 is 0 Å². The Kier molecular flexibility index (Phi) is 4.33.